The smallest absolute Gasteiger partial charge is 0.276 e. The predicted octanol–water partition coefficient (Wildman–Crippen LogP) is 2.27. The van der Waals surface area contributed by atoms with E-state index in [0.717, 1.165) is 13.0 Å². The van der Waals surface area contributed by atoms with Gasteiger partial charge in [0.2, 0.25) is 0 Å². The average Bonchev–Trinajstić information content (AvgIpc) is 2.67. The van der Waals surface area contributed by atoms with E-state index in [2.05, 4.69) is 29.0 Å². The number of aromatic nitrogens is 1. The normalized spacial score (nSPS) is 23.2. The van der Waals surface area contributed by atoms with E-state index in [9.17, 15) is 10.1 Å². The van der Waals surface area contributed by atoms with Gasteiger partial charge in [-0.15, -0.1) is 0 Å². The van der Waals surface area contributed by atoms with Crippen molar-refractivity contribution in [2.75, 3.05) is 23.8 Å². The summed E-state index contributed by atoms with van der Waals surface area (Å²) in [6.07, 6.45) is 1.10. The van der Waals surface area contributed by atoms with E-state index in [-0.39, 0.29) is 10.6 Å². The van der Waals surface area contributed by atoms with Gasteiger partial charge >= 0.3 is 0 Å². The van der Waals surface area contributed by atoms with Crippen molar-refractivity contribution in [1.82, 2.24) is 4.98 Å². The van der Waals surface area contributed by atoms with Crippen LogP contribution in [0.3, 0.4) is 0 Å². The molecular formula is C12H18N4O2. The summed E-state index contributed by atoms with van der Waals surface area (Å²) in [5.41, 5.74) is 0.0797. The molecule has 2 unspecified atom stereocenters. The molecule has 0 aromatic carbocycles. The molecule has 2 atom stereocenters. The lowest BCUT2D eigenvalue weighted by atomic mass is 10.1. The molecule has 98 valence electrons. The number of pyridine rings is 1. The molecule has 2 rings (SSSR count). The molecule has 0 radical (unpaired) electrons. The highest BCUT2D eigenvalue weighted by molar-refractivity contribution is 5.56. The first kappa shape index (κ1) is 12.6. The summed E-state index contributed by atoms with van der Waals surface area (Å²) in [4.78, 5) is 17.1. The first-order valence-electron chi connectivity index (χ1n) is 6.12. The lowest BCUT2D eigenvalue weighted by Gasteiger charge is -2.22. The van der Waals surface area contributed by atoms with Crippen molar-refractivity contribution in [2.24, 2.45) is 5.92 Å². The minimum atomic E-state index is -0.379. The zero-order valence-electron chi connectivity index (χ0n) is 10.9. The summed E-state index contributed by atoms with van der Waals surface area (Å²) in [5, 5.41) is 13.8. The van der Waals surface area contributed by atoms with E-state index in [4.69, 9.17) is 0 Å². The van der Waals surface area contributed by atoms with Gasteiger partial charge in [0.1, 0.15) is 11.6 Å². The van der Waals surface area contributed by atoms with Gasteiger partial charge in [-0.3, -0.25) is 10.1 Å². The highest BCUT2D eigenvalue weighted by Gasteiger charge is 2.28. The largest absolute Gasteiger partial charge is 0.373 e. The molecule has 1 aliphatic heterocycles. The molecule has 2 heterocycles. The number of rotatable bonds is 3. The standard InChI is InChI=1S/C12H18N4O2/c1-8-4-9(2)15(7-8)12-6-10(16(17)18)5-11(13-3)14-12/h5-6,8-9H,4,7H2,1-3H3,(H,13,14). The lowest BCUT2D eigenvalue weighted by Crippen LogP contribution is -2.27. The molecule has 1 aliphatic rings. The third kappa shape index (κ3) is 2.37. The van der Waals surface area contributed by atoms with Crippen LogP contribution in [0, 0.1) is 16.0 Å². The van der Waals surface area contributed by atoms with Gasteiger partial charge in [0.15, 0.2) is 0 Å². The van der Waals surface area contributed by atoms with Crippen LogP contribution < -0.4 is 10.2 Å². The van der Waals surface area contributed by atoms with E-state index in [1.807, 2.05) is 0 Å². The van der Waals surface area contributed by atoms with Crippen LogP contribution in [0.5, 0.6) is 0 Å². The van der Waals surface area contributed by atoms with Crippen molar-refractivity contribution < 1.29 is 4.92 Å². The number of hydrogen-bond donors (Lipinski definition) is 1. The lowest BCUT2D eigenvalue weighted by molar-refractivity contribution is -0.384. The molecule has 1 aromatic rings. The molecule has 18 heavy (non-hydrogen) atoms. The second-order valence-corrected chi connectivity index (χ2v) is 4.92. The minimum Gasteiger partial charge on any atom is -0.373 e. The van der Waals surface area contributed by atoms with Crippen LogP contribution in [0.2, 0.25) is 0 Å². The molecule has 1 saturated heterocycles. The predicted molar refractivity (Wildman–Crippen MR) is 71.0 cm³/mol. The quantitative estimate of drug-likeness (QED) is 0.658. The Morgan fingerprint density at radius 1 is 1.50 bits per heavy atom. The van der Waals surface area contributed by atoms with Crippen LogP contribution in [0.1, 0.15) is 20.3 Å². The van der Waals surface area contributed by atoms with Gasteiger partial charge < -0.3 is 10.2 Å². The Morgan fingerprint density at radius 2 is 2.22 bits per heavy atom. The Hall–Kier alpha value is -1.85. The molecule has 0 amide bonds. The van der Waals surface area contributed by atoms with Crippen molar-refractivity contribution in [3.8, 4) is 0 Å². The molecule has 1 aromatic heterocycles. The third-order valence-corrected chi connectivity index (χ3v) is 3.34. The van der Waals surface area contributed by atoms with Gasteiger partial charge in [0.25, 0.3) is 5.69 Å². The fourth-order valence-electron chi connectivity index (χ4n) is 2.50. The molecule has 0 spiro atoms. The van der Waals surface area contributed by atoms with Crippen molar-refractivity contribution >= 4 is 17.3 Å². The van der Waals surface area contributed by atoms with Gasteiger partial charge in [-0.05, 0) is 19.3 Å². The summed E-state index contributed by atoms with van der Waals surface area (Å²) in [7, 11) is 1.71. The highest BCUT2D eigenvalue weighted by Crippen LogP contribution is 2.30. The van der Waals surface area contributed by atoms with E-state index in [1.165, 1.54) is 6.07 Å². The van der Waals surface area contributed by atoms with E-state index < -0.39 is 0 Å². The number of hydrogen-bond acceptors (Lipinski definition) is 5. The highest BCUT2D eigenvalue weighted by atomic mass is 16.6. The topological polar surface area (TPSA) is 71.3 Å². The Bertz CT molecular complexity index is 463. The van der Waals surface area contributed by atoms with Crippen LogP contribution in [0.15, 0.2) is 12.1 Å². The summed E-state index contributed by atoms with van der Waals surface area (Å²) in [6, 6.07) is 3.38. The second kappa shape index (κ2) is 4.80. The molecular weight excluding hydrogens is 232 g/mol. The molecule has 1 N–H and O–H groups in total. The maximum atomic E-state index is 10.9. The average molecular weight is 250 g/mol. The van der Waals surface area contributed by atoms with E-state index in [0.29, 0.717) is 23.6 Å². The van der Waals surface area contributed by atoms with Crippen molar-refractivity contribution in [1.29, 1.82) is 0 Å². The Balaban J connectivity index is 2.37. The molecule has 6 nitrogen and oxygen atoms in total. The first-order valence-corrected chi connectivity index (χ1v) is 6.12. The summed E-state index contributed by atoms with van der Waals surface area (Å²) in [5.74, 6) is 1.82. The van der Waals surface area contributed by atoms with Crippen molar-refractivity contribution in [2.45, 2.75) is 26.3 Å². The summed E-state index contributed by atoms with van der Waals surface area (Å²) < 4.78 is 0. The van der Waals surface area contributed by atoms with Gasteiger partial charge in [-0.1, -0.05) is 6.92 Å². The number of nitrogens with zero attached hydrogens (tertiary/aromatic N) is 3. The summed E-state index contributed by atoms with van der Waals surface area (Å²) >= 11 is 0. The second-order valence-electron chi connectivity index (χ2n) is 4.92. The first-order chi connectivity index (χ1) is 8.51. The number of anilines is 2. The Kier molecular flexibility index (Phi) is 3.36. The van der Waals surface area contributed by atoms with Crippen LogP contribution >= 0.6 is 0 Å². The molecule has 1 fully saturated rings. The summed E-state index contributed by atoms with van der Waals surface area (Å²) in [6.45, 7) is 5.22. The van der Waals surface area contributed by atoms with Crippen LogP contribution in [-0.4, -0.2) is 29.5 Å². The van der Waals surface area contributed by atoms with E-state index in [1.54, 1.807) is 13.1 Å². The SMILES string of the molecule is CNc1cc([N+](=O)[O-])cc(N2CC(C)CC2C)n1. The zero-order chi connectivity index (χ0) is 13.3. The van der Waals surface area contributed by atoms with Crippen LogP contribution in [-0.2, 0) is 0 Å². The van der Waals surface area contributed by atoms with Gasteiger partial charge in [-0.25, -0.2) is 4.98 Å². The molecule has 0 bridgehead atoms. The molecule has 0 aliphatic carbocycles. The van der Waals surface area contributed by atoms with E-state index >= 15 is 0 Å². The molecule has 0 saturated carbocycles. The van der Waals surface area contributed by atoms with Crippen LogP contribution in [0.25, 0.3) is 0 Å². The minimum absolute atomic E-state index is 0.0797. The fourth-order valence-corrected chi connectivity index (χ4v) is 2.50. The van der Waals surface area contributed by atoms with Gasteiger partial charge in [0, 0.05) is 19.6 Å². The molecule has 6 heteroatoms. The third-order valence-electron chi connectivity index (χ3n) is 3.34. The van der Waals surface area contributed by atoms with Gasteiger partial charge in [-0.2, -0.15) is 0 Å². The Labute approximate surface area is 106 Å². The fraction of sp³-hybridized carbons (Fsp3) is 0.583. The maximum Gasteiger partial charge on any atom is 0.276 e. The monoisotopic (exact) mass is 250 g/mol. The Morgan fingerprint density at radius 3 is 2.72 bits per heavy atom. The van der Waals surface area contributed by atoms with Crippen molar-refractivity contribution in [3.63, 3.8) is 0 Å². The zero-order valence-corrected chi connectivity index (χ0v) is 10.9. The van der Waals surface area contributed by atoms with Gasteiger partial charge in [0.05, 0.1) is 17.1 Å². The van der Waals surface area contributed by atoms with Crippen molar-refractivity contribution in [3.05, 3.63) is 22.2 Å². The number of nitrogens with one attached hydrogen (secondary N) is 1. The number of nitro groups is 1. The van der Waals surface area contributed by atoms with Crippen LogP contribution in [0.4, 0.5) is 17.3 Å². The maximum absolute atomic E-state index is 10.9.